The Bertz CT molecular complexity index is 542. The van der Waals surface area contributed by atoms with Gasteiger partial charge in [0.25, 0.3) is 0 Å². The molecular weight excluding hydrogens is 219 g/mol. The molecule has 1 aromatic heterocycles. The zero-order valence-electron chi connectivity index (χ0n) is 9.19. The van der Waals surface area contributed by atoms with Gasteiger partial charge in [-0.3, -0.25) is 0 Å². The highest BCUT2D eigenvalue weighted by Crippen LogP contribution is 2.24. The summed E-state index contributed by atoms with van der Waals surface area (Å²) in [6.45, 7) is 0.970. The minimum absolute atomic E-state index is 0.297. The third-order valence-corrected chi connectivity index (χ3v) is 2.38. The molecule has 0 saturated carbocycles. The van der Waals surface area contributed by atoms with Gasteiger partial charge in [0.15, 0.2) is 12.3 Å². The van der Waals surface area contributed by atoms with Crippen molar-refractivity contribution in [2.45, 2.75) is 6.54 Å². The van der Waals surface area contributed by atoms with Crippen molar-refractivity contribution in [3.63, 3.8) is 0 Å². The van der Waals surface area contributed by atoms with Crippen molar-refractivity contribution < 1.29 is 14.1 Å². The van der Waals surface area contributed by atoms with Crippen molar-refractivity contribution in [2.75, 3.05) is 6.54 Å². The van der Waals surface area contributed by atoms with E-state index in [2.05, 4.69) is 0 Å². The average molecular weight is 231 g/mol. The summed E-state index contributed by atoms with van der Waals surface area (Å²) in [7, 11) is 0. The number of furan rings is 1. The zero-order chi connectivity index (χ0) is 12.1. The molecule has 4 heteroatoms. The molecule has 0 aliphatic heterocycles. The van der Waals surface area contributed by atoms with Gasteiger partial charge in [0.2, 0.25) is 0 Å². The smallest absolute Gasteiger partial charge is 0.163 e. The molecule has 0 aliphatic carbocycles. The second-order valence-corrected chi connectivity index (χ2v) is 3.60. The Hall–Kier alpha value is -2.12. The van der Waals surface area contributed by atoms with Gasteiger partial charge in [-0.2, -0.15) is 5.26 Å². The molecule has 0 saturated heterocycles. The van der Waals surface area contributed by atoms with Gasteiger partial charge < -0.3 is 9.73 Å². The maximum atomic E-state index is 13.5. The molecule has 0 radical (unpaired) electrons. The maximum Gasteiger partial charge on any atom is 0.163 e. The molecule has 2 aromatic rings. The molecule has 2 rings (SSSR count). The standard InChI is InChI=1S/C13H11FN2O/c14-12-4-2-1-3-11(12)13-6-5-10(17-13)9-16-8-7-15/h1-6,16H,8-9H2/p+1. The number of benzene rings is 1. The fourth-order valence-electron chi connectivity index (χ4n) is 1.57. The number of rotatable bonds is 4. The van der Waals surface area contributed by atoms with Gasteiger partial charge in [-0.15, -0.1) is 0 Å². The highest BCUT2D eigenvalue weighted by atomic mass is 19.1. The molecule has 0 amide bonds. The van der Waals surface area contributed by atoms with E-state index in [1.54, 1.807) is 30.3 Å². The molecule has 86 valence electrons. The number of hydrogen-bond acceptors (Lipinski definition) is 2. The number of nitriles is 1. The topological polar surface area (TPSA) is 53.5 Å². The minimum Gasteiger partial charge on any atom is -0.455 e. The SMILES string of the molecule is N#CC[NH2+]Cc1ccc(-c2ccccc2F)o1. The third-order valence-electron chi connectivity index (χ3n) is 2.38. The fraction of sp³-hybridized carbons (Fsp3) is 0.154. The Morgan fingerprint density at radius 3 is 2.82 bits per heavy atom. The molecule has 1 aromatic carbocycles. The Morgan fingerprint density at radius 1 is 1.24 bits per heavy atom. The lowest BCUT2D eigenvalue weighted by Crippen LogP contribution is -2.82. The third kappa shape index (κ3) is 2.71. The van der Waals surface area contributed by atoms with Gasteiger partial charge >= 0.3 is 0 Å². The van der Waals surface area contributed by atoms with Crippen LogP contribution in [0, 0.1) is 17.1 Å². The van der Waals surface area contributed by atoms with Crippen molar-refractivity contribution >= 4 is 0 Å². The number of nitrogens with two attached hydrogens (primary N) is 1. The van der Waals surface area contributed by atoms with Crippen LogP contribution in [0.25, 0.3) is 11.3 Å². The van der Waals surface area contributed by atoms with Crippen LogP contribution in [-0.4, -0.2) is 6.54 Å². The summed E-state index contributed by atoms with van der Waals surface area (Å²) >= 11 is 0. The van der Waals surface area contributed by atoms with Crippen LogP contribution in [-0.2, 0) is 6.54 Å². The average Bonchev–Trinajstić information content (AvgIpc) is 2.79. The highest BCUT2D eigenvalue weighted by molar-refractivity contribution is 5.58. The largest absolute Gasteiger partial charge is 0.455 e. The zero-order valence-corrected chi connectivity index (χ0v) is 9.19. The fourth-order valence-corrected chi connectivity index (χ4v) is 1.57. The van der Waals surface area contributed by atoms with Gasteiger partial charge in [-0.05, 0) is 24.3 Å². The van der Waals surface area contributed by atoms with Gasteiger partial charge in [0.1, 0.15) is 24.2 Å². The number of halogens is 1. The molecule has 1 heterocycles. The first kappa shape index (κ1) is 11.4. The van der Waals surface area contributed by atoms with E-state index < -0.39 is 0 Å². The van der Waals surface area contributed by atoms with E-state index >= 15 is 0 Å². The van der Waals surface area contributed by atoms with E-state index in [1.165, 1.54) is 6.07 Å². The van der Waals surface area contributed by atoms with Crippen LogP contribution in [0.1, 0.15) is 5.76 Å². The summed E-state index contributed by atoms with van der Waals surface area (Å²) in [5.41, 5.74) is 0.457. The highest BCUT2D eigenvalue weighted by Gasteiger charge is 2.09. The second kappa shape index (κ2) is 5.28. The normalized spacial score (nSPS) is 10.1. The lowest BCUT2D eigenvalue weighted by atomic mass is 10.1. The first-order chi connectivity index (χ1) is 8.31. The molecule has 0 unspecified atom stereocenters. The van der Waals surface area contributed by atoms with Crippen LogP contribution >= 0.6 is 0 Å². The Balaban J connectivity index is 2.14. The summed E-state index contributed by atoms with van der Waals surface area (Å²) < 4.78 is 19.0. The predicted octanol–water partition coefficient (Wildman–Crippen LogP) is 1.67. The first-order valence-corrected chi connectivity index (χ1v) is 5.33. The van der Waals surface area contributed by atoms with Crippen LogP contribution in [0.15, 0.2) is 40.8 Å². The molecule has 0 atom stereocenters. The van der Waals surface area contributed by atoms with Crippen LogP contribution in [0.4, 0.5) is 4.39 Å². The van der Waals surface area contributed by atoms with Gasteiger partial charge in [-0.1, -0.05) is 12.1 Å². The van der Waals surface area contributed by atoms with E-state index in [0.29, 0.717) is 24.4 Å². The van der Waals surface area contributed by atoms with E-state index in [0.717, 1.165) is 5.76 Å². The van der Waals surface area contributed by atoms with Gasteiger partial charge in [-0.25, -0.2) is 4.39 Å². The lowest BCUT2D eigenvalue weighted by Gasteiger charge is -1.98. The van der Waals surface area contributed by atoms with Crippen molar-refractivity contribution in [1.29, 1.82) is 5.26 Å². The van der Waals surface area contributed by atoms with Gasteiger partial charge in [0.05, 0.1) is 5.56 Å². The summed E-state index contributed by atoms with van der Waals surface area (Å²) in [5.74, 6) is 0.955. The Morgan fingerprint density at radius 2 is 2.06 bits per heavy atom. The molecule has 3 nitrogen and oxygen atoms in total. The van der Waals surface area contributed by atoms with Crippen LogP contribution in [0.5, 0.6) is 0 Å². The molecule has 17 heavy (non-hydrogen) atoms. The summed E-state index contributed by atoms with van der Waals surface area (Å²) in [6.07, 6.45) is 0. The lowest BCUT2D eigenvalue weighted by molar-refractivity contribution is -0.662. The monoisotopic (exact) mass is 231 g/mol. The first-order valence-electron chi connectivity index (χ1n) is 5.33. The van der Waals surface area contributed by atoms with E-state index in [4.69, 9.17) is 9.68 Å². The van der Waals surface area contributed by atoms with Crippen LogP contribution in [0.2, 0.25) is 0 Å². The minimum atomic E-state index is -0.297. The summed E-state index contributed by atoms with van der Waals surface area (Å²) in [6, 6.07) is 12.1. The van der Waals surface area contributed by atoms with Crippen molar-refractivity contribution in [2.24, 2.45) is 0 Å². The molecule has 2 N–H and O–H groups in total. The molecule has 0 spiro atoms. The molecule has 0 bridgehead atoms. The van der Waals surface area contributed by atoms with E-state index in [-0.39, 0.29) is 5.82 Å². The molecular formula is C13H12FN2O+. The van der Waals surface area contributed by atoms with E-state index in [1.807, 2.05) is 11.4 Å². The number of hydrogen-bond donors (Lipinski definition) is 1. The molecule has 0 fully saturated rings. The van der Waals surface area contributed by atoms with Crippen LogP contribution in [0.3, 0.4) is 0 Å². The number of quaternary nitrogens is 1. The quantitative estimate of drug-likeness (QED) is 0.642. The van der Waals surface area contributed by atoms with Gasteiger partial charge in [0, 0.05) is 0 Å². The van der Waals surface area contributed by atoms with Crippen molar-refractivity contribution in [3.05, 3.63) is 48.0 Å². The maximum absolute atomic E-state index is 13.5. The number of nitrogens with zero attached hydrogens (tertiary/aromatic N) is 1. The summed E-state index contributed by atoms with van der Waals surface area (Å²) in [5, 5.41) is 10.2. The Labute approximate surface area is 98.5 Å². The summed E-state index contributed by atoms with van der Waals surface area (Å²) in [4.78, 5) is 0. The van der Waals surface area contributed by atoms with Crippen molar-refractivity contribution in [1.82, 2.24) is 0 Å². The predicted molar refractivity (Wildman–Crippen MR) is 60.2 cm³/mol. The van der Waals surface area contributed by atoms with Crippen molar-refractivity contribution in [3.8, 4) is 17.4 Å². The second-order valence-electron chi connectivity index (χ2n) is 3.60. The van der Waals surface area contributed by atoms with Crippen LogP contribution < -0.4 is 5.32 Å². The Kier molecular flexibility index (Phi) is 3.53. The van der Waals surface area contributed by atoms with E-state index in [9.17, 15) is 4.39 Å². The molecule has 0 aliphatic rings.